The zero-order valence-electron chi connectivity index (χ0n) is 19.0. The molecule has 0 spiro atoms. The maximum atomic E-state index is 12.6. The molecule has 0 aliphatic heterocycles. The summed E-state index contributed by atoms with van der Waals surface area (Å²) in [7, 11) is 0. The number of aromatic nitrogens is 3. The molecule has 0 radical (unpaired) electrons. The Bertz CT molecular complexity index is 1170. The van der Waals surface area contributed by atoms with E-state index in [1.807, 2.05) is 13.8 Å². The largest absolute Gasteiger partial charge is 0.490 e. The van der Waals surface area contributed by atoms with Crippen LogP contribution in [0.25, 0.3) is 11.0 Å². The molecule has 0 saturated carbocycles. The number of hydrogen-bond acceptors (Lipinski definition) is 6. The van der Waals surface area contributed by atoms with Crippen LogP contribution < -0.4 is 10.6 Å². The molecule has 0 bridgehead atoms. The molecule has 2 aromatic heterocycles. The van der Waals surface area contributed by atoms with Gasteiger partial charge in [-0.3, -0.25) is 4.79 Å². The van der Waals surface area contributed by atoms with Crippen molar-refractivity contribution in [2.24, 2.45) is 0 Å². The minimum Gasteiger partial charge on any atom is -0.475 e. The molecular weight excluding hydrogens is 498 g/mol. The first-order valence-electron chi connectivity index (χ1n) is 10.4. The molecular formula is C21H22F6N6O3. The minimum atomic E-state index is -5.08. The number of anilines is 3. The van der Waals surface area contributed by atoms with Crippen LogP contribution in [0.3, 0.4) is 0 Å². The molecule has 0 unspecified atom stereocenters. The monoisotopic (exact) mass is 520 g/mol. The van der Waals surface area contributed by atoms with Gasteiger partial charge in [0.15, 0.2) is 0 Å². The van der Waals surface area contributed by atoms with Crippen LogP contribution in [0.1, 0.15) is 24.2 Å². The second-order valence-electron chi connectivity index (χ2n) is 7.09. The quantitative estimate of drug-likeness (QED) is 0.330. The molecule has 0 fully saturated rings. The minimum absolute atomic E-state index is 0.0655. The normalized spacial score (nSPS) is 11.4. The highest BCUT2D eigenvalue weighted by Gasteiger charge is 2.38. The van der Waals surface area contributed by atoms with Gasteiger partial charge < -0.3 is 25.6 Å². The molecule has 3 rings (SSSR count). The van der Waals surface area contributed by atoms with Gasteiger partial charge in [0.25, 0.3) is 5.91 Å². The van der Waals surface area contributed by atoms with Gasteiger partial charge in [-0.25, -0.2) is 4.79 Å². The maximum absolute atomic E-state index is 12.6. The smallest absolute Gasteiger partial charge is 0.475 e. The Balaban J connectivity index is 0.000000572. The van der Waals surface area contributed by atoms with E-state index in [2.05, 4.69) is 25.6 Å². The third-order valence-corrected chi connectivity index (χ3v) is 4.55. The lowest BCUT2D eigenvalue weighted by Gasteiger charge is -2.18. The summed E-state index contributed by atoms with van der Waals surface area (Å²) in [5.41, 5.74) is 1.56. The van der Waals surface area contributed by atoms with E-state index in [9.17, 15) is 31.1 Å². The highest BCUT2D eigenvalue weighted by atomic mass is 19.4. The van der Waals surface area contributed by atoms with E-state index in [0.717, 1.165) is 0 Å². The molecule has 1 aromatic carbocycles. The van der Waals surface area contributed by atoms with Crippen molar-refractivity contribution in [3.63, 3.8) is 0 Å². The van der Waals surface area contributed by atoms with Gasteiger partial charge in [-0.2, -0.15) is 36.3 Å². The second kappa shape index (κ2) is 11.6. The summed E-state index contributed by atoms with van der Waals surface area (Å²) in [5.74, 6) is -2.62. The number of aliphatic carboxylic acids is 1. The Morgan fingerprint density at radius 2 is 1.58 bits per heavy atom. The molecule has 4 N–H and O–H groups in total. The Labute approximate surface area is 200 Å². The predicted molar refractivity (Wildman–Crippen MR) is 119 cm³/mol. The lowest BCUT2D eigenvalue weighted by molar-refractivity contribution is -0.192. The number of amides is 1. The second-order valence-corrected chi connectivity index (χ2v) is 7.09. The Hall–Kier alpha value is -4.04. The van der Waals surface area contributed by atoms with Crippen LogP contribution >= 0.6 is 0 Å². The fourth-order valence-electron chi connectivity index (χ4n) is 2.83. The van der Waals surface area contributed by atoms with Crippen molar-refractivity contribution in [2.75, 3.05) is 30.3 Å². The summed E-state index contributed by atoms with van der Waals surface area (Å²) in [6.45, 7) is 3.86. The van der Waals surface area contributed by atoms with Crippen LogP contribution in [0, 0.1) is 0 Å². The zero-order chi connectivity index (χ0) is 27.1. The third kappa shape index (κ3) is 8.02. The van der Waals surface area contributed by atoms with Crippen molar-refractivity contribution >= 4 is 40.4 Å². The first-order valence-corrected chi connectivity index (χ1v) is 10.4. The fourth-order valence-corrected chi connectivity index (χ4v) is 2.83. The molecule has 1 amide bonds. The topological polar surface area (TPSA) is 123 Å². The van der Waals surface area contributed by atoms with E-state index < -0.39 is 24.9 Å². The molecule has 196 valence electrons. The number of aromatic amines is 1. The van der Waals surface area contributed by atoms with E-state index in [-0.39, 0.29) is 17.7 Å². The van der Waals surface area contributed by atoms with Gasteiger partial charge in [0.1, 0.15) is 18.0 Å². The van der Waals surface area contributed by atoms with Crippen molar-refractivity contribution in [2.45, 2.75) is 26.2 Å². The SMILES string of the molecule is CCN(CC)C(=O)c1ccc(Nc2nc(NCC(F)(F)F)c3cc[nH]c3n2)cc1.O=C(O)C(F)(F)F. The van der Waals surface area contributed by atoms with Crippen LogP contribution in [0.5, 0.6) is 0 Å². The summed E-state index contributed by atoms with van der Waals surface area (Å²) >= 11 is 0. The number of rotatable bonds is 7. The number of alkyl halides is 6. The Morgan fingerprint density at radius 3 is 2.08 bits per heavy atom. The van der Waals surface area contributed by atoms with Gasteiger partial charge in [0.2, 0.25) is 5.95 Å². The van der Waals surface area contributed by atoms with Crippen LogP contribution in [-0.4, -0.2) is 68.8 Å². The number of carboxylic acid groups (broad SMARTS) is 1. The van der Waals surface area contributed by atoms with Crippen molar-refractivity contribution in [3.05, 3.63) is 42.1 Å². The summed E-state index contributed by atoms with van der Waals surface area (Å²) < 4.78 is 69.4. The molecule has 0 atom stereocenters. The molecule has 36 heavy (non-hydrogen) atoms. The highest BCUT2D eigenvalue weighted by Crippen LogP contribution is 2.25. The number of carboxylic acids is 1. The van der Waals surface area contributed by atoms with Crippen LogP contribution in [-0.2, 0) is 4.79 Å². The molecule has 2 heterocycles. The van der Waals surface area contributed by atoms with Gasteiger partial charge in [-0.05, 0) is 44.2 Å². The lowest BCUT2D eigenvalue weighted by Crippen LogP contribution is -2.30. The molecule has 15 heteroatoms. The molecule has 0 saturated heterocycles. The van der Waals surface area contributed by atoms with E-state index in [1.54, 1.807) is 41.4 Å². The number of nitrogens with zero attached hydrogens (tertiary/aromatic N) is 3. The van der Waals surface area contributed by atoms with Crippen LogP contribution in [0.4, 0.5) is 43.8 Å². The summed E-state index contributed by atoms with van der Waals surface area (Å²) in [4.78, 5) is 34.3. The van der Waals surface area contributed by atoms with E-state index in [4.69, 9.17) is 9.90 Å². The fraction of sp³-hybridized carbons (Fsp3) is 0.333. The van der Waals surface area contributed by atoms with Gasteiger partial charge in [0.05, 0.1) is 5.39 Å². The van der Waals surface area contributed by atoms with Gasteiger partial charge >= 0.3 is 18.3 Å². The summed E-state index contributed by atoms with van der Waals surface area (Å²) in [5, 5.41) is 12.8. The number of hydrogen-bond donors (Lipinski definition) is 4. The summed E-state index contributed by atoms with van der Waals surface area (Å²) in [6.07, 6.45) is -7.87. The number of carbonyl (C=O) groups is 2. The Morgan fingerprint density at radius 1 is 1.00 bits per heavy atom. The molecule has 0 aliphatic carbocycles. The first-order chi connectivity index (χ1) is 16.7. The van der Waals surface area contributed by atoms with Crippen molar-refractivity contribution in [3.8, 4) is 0 Å². The lowest BCUT2D eigenvalue weighted by atomic mass is 10.2. The molecule has 3 aromatic rings. The van der Waals surface area contributed by atoms with Gasteiger partial charge in [-0.15, -0.1) is 0 Å². The number of H-pyrrole nitrogens is 1. The van der Waals surface area contributed by atoms with Crippen LogP contribution in [0.2, 0.25) is 0 Å². The average Bonchev–Trinajstić information content (AvgIpc) is 3.27. The highest BCUT2D eigenvalue weighted by molar-refractivity contribution is 5.94. The standard InChI is InChI=1S/C19H21F3N6O.C2HF3O2/c1-3-28(4-2)17(29)12-5-7-13(8-6-12)25-18-26-15-14(9-10-23-15)16(27-18)24-11-19(20,21)22;3-2(4,5)1(6)7/h5-10H,3-4,11H2,1-2H3,(H3,23,24,25,26,27);(H,6,7). The zero-order valence-corrected chi connectivity index (χ0v) is 19.0. The third-order valence-electron chi connectivity index (χ3n) is 4.55. The molecule has 0 aliphatic rings. The number of fused-ring (bicyclic) bond motifs is 1. The van der Waals surface area contributed by atoms with E-state index in [1.165, 1.54) is 0 Å². The maximum Gasteiger partial charge on any atom is 0.490 e. The number of halogens is 6. The number of nitrogens with one attached hydrogen (secondary N) is 3. The van der Waals surface area contributed by atoms with Crippen molar-refractivity contribution < 1.29 is 41.0 Å². The Kier molecular flexibility index (Phi) is 9.08. The molecule has 9 nitrogen and oxygen atoms in total. The number of benzene rings is 1. The van der Waals surface area contributed by atoms with Crippen molar-refractivity contribution in [1.29, 1.82) is 0 Å². The van der Waals surface area contributed by atoms with E-state index in [0.29, 0.717) is 35.4 Å². The average molecular weight is 520 g/mol. The van der Waals surface area contributed by atoms with Crippen LogP contribution in [0.15, 0.2) is 36.5 Å². The van der Waals surface area contributed by atoms with Gasteiger partial charge in [-0.1, -0.05) is 0 Å². The van der Waals surface area contributed by atoms with Gasteiger partial charge in [0, 0.05) is 30.5 Å². The predicted octanol–water partition coefficient (Wildman–Crippen LogP) is 4.79. The number of carbonyl (C=O) groups excluding carboxylic acids is 1. The van der Waals surface area contributed by atoms with Crippen molar-refractivity contribution in [1.82, 2.24) is 19.9 Å². The first kappa shape index (κ1) is 28.2. The van der Waals surface area contributed by atoms with E-state index >= 15 is 0 Å². The summed E-state index contributed by atoms with van der Waals surface area (Å²) in [6, 6.07) is 8.35.